The maximum atomic E-state index is 13.4. The Labute approximate surface area is 166 Å². The van der Waals surface area contributed by atoms with Gasteiger partial charge in [-0.1, -0.05) is 12.1 Å². The van der Waals surface area contributed by atoms with E-state index in [1.165, 1.54) is 23.1 Å². The monoisotopic (exact) mass is 418 g/mol. The molecule has 2 heterocycles. The number of amides is 1. The van der Waals surface area contributed by atoms with Gasteiger partial charge in [0.05, 0.1) is 35.9 Å². The number of carbonyl (C=O) groups excluding carboxylic acids is 1. The summed E-state index contributed by atoms with van der Waals surface area (Å²) in [5.41, 5.74) is -0.194. The molecular weight excluding hydrogens is 399 g/mol. The molecule has 2 aliphatic heterocycles. The third kappa shape index (κ3) is 3.02. The van der Waals surface area contributed by atoms with Crippen molar-refractivity contribution in [3.05, 3.63) is 58.1 Å². The zero-order valence-corrected chi connectivity index (χ0v) is 16.7. The van der Waals surface area contributed by atoms with Crippen LogP contribution in [0.25, 0.3) is 0 Å². The number of para-hydroxylation sites is 2. The van der Waals surface area contributed by atoms with Gasteiger partial charge in [0.2, 0.25) is 5.91 Å². The summed E-state index contributed by atoms with van der Waals surface area (Å²) in [4.78, 5) is 25.3. The molecule has 1 fully saturated rings. The van der Waals surface area contributed by atoms with Crippen molar-refractivity contribution in [2.45, 2.75) is 25.5 Å². The lowest BCUT2D eigenvalue weighted by Crippen LogP contribution is -2.59. The lowest BCUT2D eigenvalue weighted by Gasteiger charge is -2.47. The van der Waals surface area contributed by atoms with E-state index in [0.29, 0.717) is 17.0 Å². The Morgan fingerprint density at radius 2 is 1.83 bits per heavy atom. The highest BCUT2D eigenvalue weighted by molar-refractivity contribution is 7.56. The van der Waals surface area contributed by atoms with Crippen LogP contribution in [0.1, 0.15) is 25.5 Å². The van der Waals surface area contributed by atoms with Crippen LogP contribution >= 0.6 is 7.60 Å². The molecule has 0 aliphatic carbocycles. The quantitative estimate of drug-likeness (QED) is 0.296. The summed E-state index contributed by atoms with van der Waals surface area (Å²) in [6, 6.07) is 10.4. The third-order valence-electron chi connectivity index (χ3n) is 4.90. The fourth-order valence-electron chi connectivity index (χ4n) is 3.75. The standard InChI is InChI=1S/C19H19N2O7P/c1-3-26-29(25,27-4-2)18-17-13-10-9-12(21(23)24)11-16(13)28-15-8-6-5-7-14(15)20(17)19(18)22/h5-11,17-18H,3-4H2,1-2H3/t17-,18-/m0/s1. The molecule has 29 heavy (non-hydrogen) atoms. The Hall–Kier alpha value is -2.74. The minimum absolute atomic E-state index is 0.119. The van der Waals surface area contributed by atoms with E-state index in [9.17, 15) is 19.5 Å². The summed E-state index contributed by atoms with van der Waals surface area (Å²) in [5.74, 6) is 0.213. The van der Waals surface area contributed by atoms with Gasteiger partial charge in [0.1, 0.15) is 5.75 Å². The van der Waals surface area contributed by atoms with Crippen molar-refractivity contribution in [2.75, 3.05) is 18.1 Å². The van der Waals surface area contributed by atoms with E-state index in [0.717, 1.165) is 0 Å². The lowest BCUT2D eigenvalue weighted by molar-refractivity contribution is -0.384. The molecule has 2 atom stereocenters. The molecule has 0 saturated carbocycles. The number of non-ortho nitro benzene ring substituents is 1. The van der Waals surface area contributed by atoms with Crippen molar-refractivity contribution < 1.29 is 28.1 Å². The Kier molecular flexibility index (Phi) is 4.90. The fourth-order valence-corrected chi connectivity index (χ4v) is 5.90. The summed E-state index contributed by atoms with van der Waals surface area (Å²) >= 11 is 0. The zero-order valence-electron chi connectivity index (χ0n) is 15.8. The normalized spacial score (nSPS) is 19.9. The highest BCUT2D eigenvalue weighted by Crippen LogP contribution is 2.65. The van der Waals surface area contributed by atoms with Crippen molar-refractivity contribution >= 4 is 24.9 Å². The average molecular weight is 418 g/mol. The fraction of sp³-hybridized carbons (Fsp3) is 0.316. The molecule has 0 N–H and O–H groups in total. The number of carbonyl (C=O) groups is 1. The first-order chi connectivity index (χ1) is 13.9. The van der Waals surface area contributed by atoms with E-state index in [2.05, 4.69) is 0 Å². The summed E-state index contributed by atoms with van der Waals surface area (Å²) in [6.07, 6.45) is 0. The molecule has 4 rings (SSSR count). The number of rotatable bonds is 6. The van der Waals surface area contributed by atoms with Crippen LogP contribution in [0.4, 0.5) is 11.4 Å². The number of hydrogen-bond donors (Lipinski definition) is 0. The predicted octanol–water partition coefficient (Wildman–Crippen LogP) is 4.42. The number of nitro benzene ring substituents is 1. The molecule has 0 unspecified atom stereocenters. The van der Waals surface area contributed by atoms with Crippen LogP contribution in [0, 0.1) is 10.1 Å². The van der Waals surface area contributed by atoms with Crippen LogP contribution in [0.3, 0.4) is 0 Å². The van der Waals surface area contributed by atoms with Crippen molar-refractivity contribution in [1.29, 1.82) is 0 Å². The van der Waals surface area contributed by atoms with E-state index in [1.807, 2.05) is 0 Å². The van der Waals surface area contributed by atoms with Crippen molar-refractivity contribution in [3.8, 4) is 11.5 Å². The van der Waals surface area contributed by atoms with E-state index in [-0.39, 0.29) is 24.7 Å². The first kappa shape index (κ1) is 19.6. The molecule has 1 saturated heterocycles. The Morgan fingerprint density at radius 1 is 1.14 bits per heavy atom. The highest BCUT2D eigenvalue weighted by atomic mass is 31.2. The van der Waals surface area contributed by atoms with Crippen LogP contribution < -0.4 is 9.64 Å². The molecule has 0 radical (unpaired) electrons. The molecule has 152 valence electrons. The van der Waals surface area contributed by atoms with Crippen LogP contribution in [-0.4, -0.2) is 29.7 Å². The van der Waals surface area contributed by atoms with Crippen LogP contribution in [-0.2, 0) is 18.4 Å². The molecular formula is C19H19N2O7P. The second kappa shape index (κ2) is 7.26. The molecule has 10 heteroatoms. The second-order valence-corrected chi connectivity index (χ2v) is 8.67. The topological polar surface area (TPSA) is 108 Å². The van der Waals surface area contributed by atoms with Gasteiger partial charge in [-0.2, -0.15) is 0 Å². The van der Waals surface area contributed by atoms with Gasteiger partial charge in [0.15, 0.2) is 11.4 Å². The number of fused-ring (bicyclic) bond motifs is 5. The first-order valence-corrected chi connectivity index (χ1v) is 10.8. The number of benzene rings is 2. The van der Waals surface area contributed by atoms with Crippen molar-refractivity contribution in [1.82, 2.24) is 0 Å². The maximum absolute atomic E-state index is 13.4. The van der Waals surface area contributed by atoms with Crippen LogP contribution in [0.2, 0.25) is 0 Å². The minimum Gasteiger partial charge on any atom is -0.455 e. The van der Waals surface area contributed by atoms with Gasteiger partial charge < -0.3 is 13.8 Å². The lowest BCUT2D eigenvalue weighted by atomic mass is 9.92. The van der Waals surface area contributed by atoms with Gasteiger partial charge >= 0.3 is 7.60 Å². The second-order valence-electron chi connectivity index (χ2n) is 6.52. The third-order valence-corrected chi connectivity index (χ3v) is 7.32. The molecule has 2 aliphatic rings. The number of nitro groups is 1. The van der Waals surface area contributed by atoms with E-state index < -0.39 is 30.1 Å². The molecule has 1 amide bonds. The number of β-lactam (4-membered cyclic amide) rings is 1. The molecule has 2 aromatic carbocycles. The van der Waals surface area contributed by atoms with Crippen molar-refractivity contribution in [3.63, 3.8) is 0 Å². The largest absolute Gasteiger partial charge is 0.455 e. The SMILES string of the molecule is CCOP(=O)(OCC)[C@@H]1C(=O)N2c3ccccc3Oc3cc([N+](=O)[O-])ccc3[C@@H]12. The summed E-state index contributed by atoms with van der Waals surface area (Å²) in [5, 5.41) is 11.2. The number of ether oxygens (including phenoxy) is 1. The Balaban J connectivity index is 1.89. The van der Waals surface area contributed by atoms with Gasteiger partial charge in [-0.25, -0.2) is 0 Å². The minimum atomic E-state index is -3.77. The summed E-state index contributed by atoms with van der Waals surface area (Å²) < 4.78 is 30.2. The molecule has 2 aromatic rings. The molecule has 0 bridgehead atoms. The van der Waals surface area contributed by atoms with Gasteiger partial charge in [-0.3, -0.25) is 24.4 Å². The van der Waals surface area contributed by atoms with Gasteiger partial charge in [0.25, 0.3) is 5.69 Å². The van der Waals surface area contributed by atoms with E-state index in [4.69, 9.17) is 13.8 Å². The summed E-state index contributed by atoms with van der Waals surface area (Å²) in [7, 11) is -3.77. The van der Waals surface area contributed by atoms with Crippen LogP contribution in [0.15, 0.2) is 42.5 Å². The number of anilines is 1. The molecule has 9 nitrogen and oxygen atoms in total. The predicted molar refractivity (Wildman–Crippen MR) is 104 cm³/mol. The number of hydrogen-bond acceptors (Lipinski definition) is 7. The van der Waals surface area contributed by atoms with Crippen molar-refractivity contribution in [2.24, 2.45) is 0 Å². The summed E-state index contributed by atoms with van der Waals surface area (Å²) in [6.45, 7) is 3.59. The molecule has 0 aromatic heterocycles. The molecule has 0 spiro atoms. The first-order valence-electron chi connectivity index (χ1n) is 9.18. The van der Waals surface area contributed by atoms with E-state index >= 15 is 0 Å². The maximum Gasteiger partial charge on any atom is 0.345 e. The van der Waals surface area contributed by atoms with E-state index in [1.54, 1.807) is 38.1 Å². The average Bonchev–Trinajstić information content (AvgIpc) is 2.79. The Bertz CT molecular complexity index is 1030. The van der Waals surface area contributed by atoms with Crippen LogP contribution in [0.5, 0.6) is 11.5 Å². The Morgan fingerprint density at radius 3 is 2.48 bits per heavy atom. The van der Waals surface area contributed by atoms with Gasteiger partial charge in [-0.05, 0) is 32.0 Å². The number of nitrogens with zero attached hydrogens (tertiary/aromatic N) is 2. The van der Waals surface area contributed by atoms with Gasteiger partial charge in [-0.15, -0.1) is 0 Å². The smallest absolute Gasteiger partial charge is 0.345 e. The zero-order chi connectivity index (χ0) is 20.8. The van der Waals surface area contributed by atoms with Gasteiger partial charge in [0, 0.05) is 11.6 Å². The highest BCUT2D eigenvalue weighted by Gasteiger charge is 2.61.